The Bertz CT molecular complexity index is 1170. The zero-order valence-electron chi connectivity index (χ0n) is 29.6. The number of aliphatic carboxylic acids is 2. The van der Waals surface area contributed by atoms with Crippen LogP contribution in [0.5, 0.6) is 0 Å². The quantitative estimate of drug-likeness (QED) is 0.0425. The van der Waals surface area contributed by atoms with Crippen LogP contribution in [0.25, 0.3) is 0 Å². The topological polar surface area (TPSA) is 327 Å². The van der Waals surface area contributed by atoms with Crippen LogP contribution in [0.3, 0.4) is 0 Å². The van der Waals surface area contributed by atoms with E-state index in [0.29, 0.717) is 51.6 Å². The Kier molecular flexibility index (Phi) is 21.8. The Morgan fingerprint density at radius 3 is 1.46 bits per heavy atom. The van der Waals surface area contributed by atoms with E-state index >= 15 is 0 Å². The summed E-state index contributed by atoms with van der Waals surface area (Å²) in [6.45, 7) is 8.18. The van der Waals surface area contributed by atoms with Crippen LogP contribution in [0.15, 0.2) is 0 Å². The highest BCUT2D eigenvalue weighted by Gasteiger charge is 2.33. The van der Waals surface area contributed by atoms with E-state index in [9.17, 15) is 48.6 Å². The van der Waals surface area contributed by atoms with E-state index in [1.54, 1.807) is 13.8 Å². The van der Waals surface area contributed by atoms with Crippen molar-refractivity contribution in [3.8, 4) is 0 Å². The molecule has 286 valence electrons. The molecule has 0 aromatic carbocycles. The molecular formula is C31H57N9O10. The van der Waals surface area contributed by atoms with Crippen LogP contribution < -0.4 is 49.1 Å². The molecule has 0 aromatic rings. The Labute approximate surface area is 292 Å². The summed E-state index contributed by atoms with van der Waals surface area (Å²) in [6, 6.07) is -8.57. The van der Waals surface area contributed by atoms with Crippen molar-refractivity contribution in [3.05, 3.63) is 0 Å². The Morgan fingerprint density at radius 2 is 1.00 bits per heavy atom. The summed E-state index contributed by atoms with van der Waals surface area (Å²) >= 11 is 0. The highest BCUT2D eigenvalue weighted by Crippen LogP contribution is 2.10. The number of carbonyl (C=O) groups is 8. The molecule has 0 bridgehead atoms. The second-order valence-electron chi connectivity index (χ2n) is 12.3. The van der Waals surface area contributed by atoms with Crippen molar-refractivity contribution in [3.63, 3.8) is 0 Å². The van der Waals surface area contributed by atoms with Gasteiger partial charge in [0.05, 0.1) is 12.5 Å². The average molecular weight is 716 g/mol. The number of nitrogens with two attached hydrogens (primary N) is 3. The third-order valence-corrected chi connectivity index (χ3v) is 7.93. The van der Waals surface area contributed by atoms with Crippen molar-refractivity contribution in [1.29, 1.82) is 0 Å². The van der Waals surface area contributed by atoms with Gasteiger partial charge < -0.3 is 59.3 Å². The first-order valence-electron chi connectivity index (χ1n) is 16.8. The molecule has 14 N–H and O–H groups in total. The summed E-state index contributed by atoms with van der Waals surface area (Å²) < 4.78 is 0. The van der Waals surface area contributed by atoms with Crippen LogP contribution in [-0.4, -0.2) is 113 Å². The number of nitrogens with one attached hydrogen (secondary N) is 6. The van der Waals surface area contributed by atoms with E-state index in [2.05, 4.69) is 31.9 Å². The second kappa shape index (κ2) is 23.9. The first-order valence-corrected chi connectivity index (χ1v) is 16.8. The number of carbonyl (C=O) groups excluding carboxylic acids is 6. The highest BCUT2D eigenvalue weighted by molar-refractivity contribution is 5.97. The van der Waals surface area contributed by atoms with Gasteiger partial charge in [-0.2, -0.15) is 0 Å². The third-order valence-electron chi connectivity index (χ3n) is 7.93. The summed E-state index contributed by atoms with van der Waals surface area (Å²) in [7, 11) is 0. The van der Waals surface area contributed by atoms with E-state index in [0.717, 1.165) is 0 Å². The minimum Gasteiger partial charge on any atom is -0.481 e. The minimum absolute atomic E-state index is 0.144. The van der Waals surface area contributed by atoms with Gasteiger partial charge in [0.2, 0.25) is 35.4 Å². The molecule has 8 atom stereocenters. The lowest BCUT2D eigenvalue weighted by Gasteiger charge is -2.27. The van der Waals surface area contributed by atoms with E-state index < -0.39 is 102 Å². The van der Waals surface area contributed by atoms with Crippen molar-refractivity contribution >= 4 is 47.4 Å². The molecule has 0 rings (SSSR count). The molecule has 0 fully saturated rings. The highest BCUT2D eigenvalue weighted by atomic mass is 16.4. The molecule has 19 heteroatoms. The number of carboxylic acid groups (broad SMARTS) is 2. The molecular weight excluding hydrogens is 658 g/mol. The predicted octanol–water partition coefficient (Wildman–Crippen LogP) is -2.85. The number of unbranched alkanes of at least 4 members (excludes halogenated alkanes) is 2. The maximum Gasteiger partial charge on any atom is 0.326 e. The van der Waals surface area contributed by atoms with Crippen LogP contribution in [-0.2, 0) is 38.4 Å². The van der Waals surface area contributed by atoms with E-state index in [-0.39, 0.29) is 6.42 Å². The molecule has 0 heterocycles. The number of carboxylic acids is 2. The van der Waals surface area contributed by atoms with Crippen molar-refractivity contribution in [1.82, 2.24) is 31.9 Å². The molecule has 0 aromatic heterocycles. The molecule has 50 heavy (non-hydrogen) atoms. The third kappa shape index (κ3) is 17.3. The maximum absolute atomic E-state index is 13.2. The van der Waals surface area contributed by atoms with Gasteiger partial charge in [-0.1, -0.05) is 26.7 Å². The fraction of sp³-hybridized carbons (Fsp3) is 0.742. The van der Waals surface area contributed by atoms with Gasteiger partial charge >= 0.3 is 11.9 Å². The van der Waals surface area contributed by atoms with Crippen LogP contribution in [0.1, 0.15) is 86.0 Å². The molecule has 0 aliphatic carbocycles. The average Bonchev–Trinajstić information content (AvgIpc) is 3.05. The molecule has 0 aliphatic rings. The lowest BCUT2D eigenvalue weighted by molar-refractivity contribution is -0.142. The SMILES string of the molecule is CC[C@H](C)[C@H](NC(=O)[C@H](C)NC(=O)[C@H](CC(=O)O)NC(=O)[C@H](C)NC(=O)[C@@H](N)CCCCN)C(=O)N[C@@H](C)C(=O)N[C@@H](CCCCN)C(=O)O. The van der Waals surface area contributed by atoms with Crippen LogP contribution >= 0.6 is 0 Å². The molecule has 0 radical (unpaired) electrons. The van der Waals surface area contributed by atoms with Crippen molar-refractivity contribution in [2.75, 3.05) is 13.1 Å². The molecule has 0 aliphatic heterocycles. The smallest absolute Gasteiger partial charge is 0.326 e. The predicted molar refractivity (Wildman–Crippen MR) is 182 cm³/mol. The zero-order chi connectivity index (χ0) is 38.6. The van der Waals surface area contributed by atoms with E-state index in [1.807, 2.05) is 0 Å². The van der Waals surface area contributed by atoms with Crippen molar-refractivity contribution in [2.45, 2.75) is 128 Å². The van der Waals surface area contributed by atoms with Gasteiger partial charge in [0.25, 0.3) is 0 Å². The Morgan fingerprint density at radius 1 is 0.560 bits per heavy atom. The van der Waals surface area contributed by atoms with Gasteiger partial charge in [0.1, 0.15) is 36.3 Å². The summed E-state index contributed by atoms with van der Waals surface area (Å²) in [5.74, 6) is -7.96. The van der Waals surface area contributed by atoms with E-state index in [1.165, 1.54) is 20.8 Å². The van der Waals surface area contributed by atoms with Gasteiger partial charge in [-0.05, 0) is 71.9 Å². The largest absolute Gasteiger partial charge is 0.481 e. The lowest BCUT2D eigenvalue weighted by Crippen LogP contribution is -2.60. The molecule has 6 amide bonds. The second-order valence-corrected chi connectivity index (χ2v) is 12.3. The summed E-state index contributed by atoms with van der Waals surface area (Å²) in [6.07, 6.45) is 2.35. The van der Waals surface area contributed by atoms with Crippen LogP contribution in [0, 0.1) is 5.92 Å². The number of hydrogen-bond donors (Lipinski definition) is 11. The lowest BCUT2D eigenvalue weighted by atomic mass is 9.97. The summed E-state index contributed by atoms with van der Waals surface area (Å²) in [4.78, 5) is 100. The fourth-order valence-electron chi connectivity index (χ4n) is 4.48. The van der Waals surface area contributed by atoms with Crippen LogP contribution in [0.2, 0.25) is 0 Å². The summed E-state index contributed by atoms with van der Waals surface area (Å²) in [5, 5.41) is 33.2. The van der Waals surface area contributed by atoms with Crippen molar-refractivity contribution < 1.29 is 48.6 Å². The normalized spacial score (nSPS) is 15.8. The van der Waals surface area contributed by atoms with Crippen LogP contribution in [0.4, 0.5) is 0 Å². The molecule has 0 unspecified atom stereocenters. The maximum atomic E-state index is 13.2. The minimum atomic E-state index is -1.63. The van der Waals surface area contributed by atoms with Gasteiger partial charge in [-0.25, -0.2) is 4.79 Å². The van der Waals surface area contributed by atoms with Crippen molar-refractivity contribution in [2.24, 2.45) is 23.1 Å². The summed E-state index contributed by atoms with van der Waals surface area (Å²) in [5.41, 5.74) is 16.7. The monoisotopic (exact) mass is 715 g/mol. The number of rotatable bonds is 25. The van der Waals surface area contributed by atoms with Gasteiger partial charge in [-0.15, -0.1) is 0 Å². The molecule has 0 spiro atoms. The Hall–Kier alpha value is -4.36. The first kappa shape index (κ1) is 45.6. The molecule has 19 nitrogen and oxygen atoms in total. The van der Waals surface area contributed by atoms with E-state index in [4.69, 9.17) is 17.2 Å². The molecule has 0 saturated carbocycles. The fourth-order valence-corrected chi connectivity index (χ4v) is 4.48. The number of hydrogen-bond acceptors (Lipinski definition) is 11. The van der Waals surface area contributed by atoms with Gasteiger partial charge in [0.15, 0.2) is 0 Å². The standard InChI is InChI=1S/C31H57N9O10/c1-6-16(2)24(30(48)37-18(4)25(43)38-21(31(49)50)12-8-10-14-33)40-27(45)19(5)36-29(47)22(15-23(41)42)39-26(44)17(3)35-28(46)20(34)11-7-9-13-32/h16-22,24H,6-15,32-34H2,1-5H3,(H,35,46)(H,36,47)(H,37,48)(H,38,43)(H,39,44)(H,40,45)(H,41,42)(H,49,50)/t16-,17-,18-,19-,20-,21-,22-,24-/m0/s1. The zero-order valence-corrected chi connectivity index (χ0v) is 29.6. The van der Waals surface area contributed by atoms with Gasteiger partial charge in [-0.3, -0.25) is 33.6 Å². The first-order chi connectivity index (χ1) is 23.4. The molecule has 0 saturated heterocycles. The Balaban J connectivity index is 5.48. The number of amides is 6. The van der Waals surface area contributed by atoms with Gasteiger partial charge in [0, 0.05) is 0 Å².